The van der Waals surface area contributed by atoms with E-state index in [0.717, 1.165) is 60.6 Å². The molecule has 0 fully saturated rings. The molecule has 6 heteroatoms. The van der Waals surface area contributed by atoms with Gasteiger partial charge in [0.1, 0.15) is 5.52 Å². The van der Waals surface area contributed by atoms with Crippen LogP contribution in [0.25, 0.3) is 11.2 Å². The van der Waals surface area contributed by atoms with E-state index in [1.165, 1.54) is 0 Å². The molecule has 2 aromatic rings. The second kappa shape index (κ2) is 6.54. The number of aromatic amines is 1. The molecule has 0 saturated carbocycles. The molecular weight excluding hydrogens is 270 g/mol. The molecule has 0 spiro atoms. The third-order valence-electron chi connectivity index (χ3n) is 3.91. The molecule has 0 radical (unpaired) electrons. The summed E-state index contributed by atoms with van der Waals surface area (Å²) in [5.74, 6) is 0. The van der Waals surface area contributed by atoms with Crippen molar-refractivity contribution in [2.45, 2.75) is 40.2 Å². The highest BCUT2D eigenvalue weighted by atomic mass is 32.1. The third kappa shape index (κ3) is 2.81. The van der Waals surface area contributed by atoms with Gasteiger partial charge in [0, 0.05) is 13.6 Å². The predicted octanol–water partition coefficient (Wildman–Crippen LogP) is 2.73. The lowest BCUT2D eigenvalue weighted by Gasteiger charge is -2.17. The van der Waals surface area contributed by atoms with Gasteiger partial charge in [-0.2, -0.15) is 5.10 Å². The Kier molecular flexibility index (Phi) is 4.99. The average molecular weight is 295 g/mol. The number of imidazole rings is 1. The fourth-order valence-electron chi connectivity index (χ4n) is 2.72. The van der Waals surface area contributed by atoms with E-state index in [1.807, 2.05) is 11.7 Å². The Morgan fingerprint density at radius 2 is 1.95 bits per heavy atom. The third-order valence-corrected chi connectivity index (χ3v) is 4.23. The van der Waals surface area contributed by atoms with Gasteiger partial charge in [0.05, 0.1) is 5.69 Å². The lowest BCUT2D eigenvalue weighted by molar-refractivity contribution is 0.293. The predicted molar refractivity (Wildman–Crippen MR) is 85.7 cm³/mol. The van der Waals surface area contributed by atoms with E-state index in [2.05, 4.69) is 40.3 Å². The molecule has 0 atom stereocenters. The summed E-state index contributed by atoms with van der Waals surface area (Å²) in [6.45, 7) is 10.8. The van der Waals surface area contributed by atoms with Gasteiger partial charge in [-0.05, 0) is 44.7 Å². The molecule has 0 unspecified atom stereocenters. The summed E-state index contributed by atoms with van der Waals surface area (Å²) >= 11 is 5.46. The van der Waals surface area contributed by atoms with E-state index in [9.17, 15) is 0 Å². The van der Waals surface area contributed by atoms with Gasteiger partial charge >= 0.3 is 0 Å². The average Bonchev–Trinajstić information content (AvgIpc) is 2.92. The van der Waals surface area contributed by atoms with Gasteiger partial charge in [-0.1, -0.05) is 20.8 Å². The molecule has 0 saturated heterocycles. The molecule has 1 N–H and O–H groups in total. The zero-order chi connectivity index (χ0) is 14.7. The maximum atomic E-state index is 5.46. The van der Waals surface area contributed by atoms with Gasteiger partial charge in [0.15, 0.2) is 10.4 Å². The van der Waals surface area contributed by atoms with Crippen LogP contribution in [-0.2, 0) is 20.0 Å². The summed E-state index contributed by atoms with van der Waals surface area (Å²) in [5.41, 5.74) is 3.31. The quantitative estimate of drug-likeness (QED) is 0.799. The first-order valence-corrected chi connectivity index (χ1v) is 7.89. The van der Waals surface area contributed by atoms with Crippen molar-refractivity contribution in [1.29, 1.82) is 0 Å². The summed E-state index contributed by atoms with van der Waals surface area (Å²) in [4.78, 5) is 5.75. The molecule has 112 valence electrons. The van der Waals surface area contributed by atoms with E-state index in [0.29, 0.717) is 0 Å². The van der Waals surface area contributed by atoms with Gasteiger partial charge in [-0.3, -0.25) is 4.68 Å². The number of nitrogens with zero attached hydrogens (tertiary/aromatic N) is 4. The van der Waals surface area contributed by atoms with Crippen LogP contribution in [0.4, 0.5) is 0 Å². The molecule has 0 amide bonds. The topological polar surface area (TPSA) is 41.8 Å². The van der Waals surface area contributed by atoms with Crippen LogP contribution in [0.5, 0.6) is 0 Å². The highest BCUT2D eigenvalue weighted by Gasteiger charge is 2.14. The Hall–Kier alpha value is -1.14. The van der Waals surface area contributed by atoms with Gasteiger partial charge < -0.3 is 14.5 Å². The van der Waals surface area contributed by atoms with E-state index in [1.54, 1.807) is 0 Å². The van der Waals surface area contributed by atoms with Gasteiger partial charge in [0.2, 0.25) is 0 Å². The first kappa shape index (κ1) is 15.3. The van der Waals surface area contributed by atoms with Crippen LogP contribution in [0.1, 0.15) is 32.9 Å². The van der Waals surface area contributed by atoms with Crippen LogP contribution in [0.2, 0.25) is 0 Å². The fourth-order valence-corrected chi connectivity index (χ4v) is 3.00. The molecule has 0 aromatic carbocycles. The summed E-state index contributed by atoms with van der Waals surface area (Å²) < 4.78 is 4.93. The van der Waals surface area contributed by atoms with Crippen LogP contribution in [0, 0.1) is 4.77 Å². The SMILES string of the molecule is CCc1nn(C)c2c1[nH]c(=S)n2CCCN(CC)CC. The maximum absolute atomic E-state index is 5.46. The monoisotopic (exact) mass is 295 g/mol. The first-order valence-electron chi connectivity index (χ1n) is 7.49. The highest BCUT2D eigenvalue weighted by molar-refractivity contribution is 7.71. The number of H-pyrrole nitrogens is 1. The summed E-state index contributed by atoms with van der Waals surface area (Å²) in [5, 5.41) is 4.55. The summed E-state index contributed by atoms with van der Waals surface area (Å²) in [6, 6.07) is 0. The van der Waals surface area contributed by atoms with Gasteiger partial charge in [0.25, 0.3) is 0 Å². The van der Waals surface area contributed by atoms with Crippen molar-refractivity contribution in [2.75, 3.05) is 19.6 Å². The zero-order valence-electron chi connectivity index (χ0n) is 12.9. The Morgan fingerprint density at radius 1 is 1.25 bits per heavy atom. The van der Waals surface area contributed by atoms with Crippen molar-refractivity contribution in [3.8, 4) is 0 Å². The first-order chi connectivity index (χ1) is 9.62. The second-order valence-corrected chi connectivity index (χ2v) is 5.47. The van der Waals surface area contributed by atoms with Crippen LogP contribution in [0.15, 0.2) is 0 Å². The Labute approximate surface area is 125 Å². The number of hydrogen-bond acceptors (Lipinski definition) is 3. The molecule has 2 rings (SSSR count). The van der Waals surface area contributed by atoms with Crippen molar-refractivity contribution in [2.24, 2.45) is 7.05 Å². The number of nitrogens with one attached hydrogen (secondary N) is 1. The Balaban J connectivity index is 2.20. The molecule has 0 aliphatic heterocycles. The molecule has 5 nitrogen and oxygen atoms in total. The fraction of sp³-hybridized carbons (Fsp3) is 0.714. The summed E-state index contributed by atoms with van der Waals surface area (Å²) in [7, 11) is 1.99. The molecule has 2 heterocycles. The normalized spacial score (nSPS) is 11.8. The Morgan fingerprint density at radius 3 is 2.55 bits per heavy atom. The number of aryl methyl sites for hydroxylation is 3. The lowest BCUT2D eigenvalue weighted by Crippen LogP contribution is -2.24. The van der Waals surface area contributed by atoms with Crippen molar-refractivity contribution < 1.29 is 0 Å². The molecular formula is C14H25N5S. The summed E-state index contributed by atoms with van der Waals surface area (Å²) in [6.07, 6.45) is 2.03. The molecule has 0 aliphatic rings. The number of fused-ring (bicyclic) bond motifs is 1. The minimum Gasteiger partial charge on any atom is -0.328 e. The van der Waals surface area contributed by atoms with Gasteiger partial charge in [-0.25, -0.2) is 0 Å². The van der Waals surface area contributed by atoms with Crippen molar-refractivity contribution in [3.63, 3.8) is 0 Å². The van der Waals surface area contributed by atoms with Crippen LogP contribution in [-0.4, -0.2) is 43.9 Å². The van der Waals surface area contributed by atoms with Gasteiger partial charge in [-0.15, -0.1) is 0 Å². The van der Waals surface area contributed by atoms with E-state index in [4.69, 9.17) is 12.2 Å². The van der Waals surface area contributed by atoms with Crippen molar-refractivity contribution in [3.05, 3.63) is 10.5 Å². The number of rotatable bonds is 7. The van der Waals surface area contributed by atoms with E-state index in [-0.39, 0.29) is 0 Å². The Bertz CT molecular complexity index is 617. The minimum atomic E-state index is 0.808. The minimum absolute atomic E-state index is 0.808. The highest BCUT2D eigenvalue weighted by Crippen LogP contribution is 2.18. The van der Waals surface area contributed by atoms with E-state index < -0.39 is 0 Å². The second-order valence-electron chi connectivity index (χ2n) is 5.08. The van der Waals surface area contributed by atoms with Crippen molar-refractivity contribution in [1.82, 2.24) is 24.2 Å². The smallest absolute Gasteiger partial charge is 0.179 e. The lowest BCUT2D eigenvalue weighted by atomic mass is 10.3. The largest absolute Gasteiger partial charge is 0.328 e. The van der Waals surface area contributed by atoms with Crippen LogP contribution < -0.4 is 0 Å². The standard InChI is InChI=1S/C14H25N5S/c1-5-11-12-13(17(4)16-11)19(14(20)15-12)10-8-9-18(6-2)7-3/h5-10H2,1-4H3,(H,15,20). The molecule has 0 aliphatic carbocycles. The van der Waals surface area contributed by atoms with E-state index >= 15 is 0 Å². The zero-order valence-corrected chi connectivity index (χ0v) is 13.8. The maximum Gasteiger partial charge on any atom is 0.179 e. The molecule has 20 heavy (non-hydrogen) atoms. The number of aromatic nitrogens is 4. The molecule has 0 bridgehead atoms. The number of hydrogen-bond donors (Lipinski definition) is 1. The van der Waals surface area contributed by atoms with Crippen molar-refractivity contribution >= 4 is 23.4 Å². The van der Waals surface area contributed by atoms with Crippen LogP contribution in [0.3, 0.4) is 0 Å². The molecule has 2 aromatic heterocycles. The van der Waals surface area contributed by atoms with Crippen LogP contribution >= 0.6 is 12.2 Å².